The molecule has 0 fully saturated rings. The molecule has 1 aromatic carbocycles. The largest absolute Gasteiger partial charge is 0.495 e. The van der Waals surface area contributed by atoms with Gasteiger partial charge >= 0.3 is 0 Å². The van der Waals surface area contributed by atoms with Crippen LogP contribution >= 0.6 is 60.8 Å². The van der Waals surface area contributed by atoms with Crippen LogP contribution in [0.4, 0.5) is 0 Å². The van der Waals surface area contributed by atoms with Crippen LogP contribution in [0.5, 0.6) is 17.2 Å². The monoisotopic (exact) mass is 498 g/mol. The number of methoxy groups -OCH3 is 1. The highest BCUT2D eigenvalue weighted by atomic mass is 127. The number of carbonyl (C=O) groups is 1. The maximum atomic E-state index is 11.1. The number of rotatable bonds is 6. The zero-order valence-electron chi connectivity index (χ0n) is 8.86. The highest BCUT2D eigenvalue weighted by molar-refractivity contribution is 14.2. The molecule has 0 aromatic heterocycles. The number of hydrogen-bond acceptors (Lipinski definition) is 6. The van der Waals surface area contributed by atoms with Crippen LogP contribution < -0.4 is 13.1 Å². The van der Waals surface area contributed by atoms with Gasteiger partial charge in [-0.15, -0.1) is 0 Å². The smallest absolute Gasteiger partial charge is 0.157 e. The fourth-order valence-electron chi connectivity index (χ4n) is 1.33. The van der Waals surface area contributed by atoms with Crippen LogP contribution in [0.3, 0.4) is 0 Å². The first kappa shape index (κ1) is 15.5. The normalized spacial score (nSPS) is 9.88. The fourth-order valence-corrected chi connectivity index (χ4v) is 2.94. The van der Waals surface area contributed by atoms with E-state index in [2.05, 4.69) is 0 Å². The molecule has 0 aliphatic carbocycles. The minimum Gasteiger partial charge on any atom is -0.495 e. The summed E-state index contributed by atoms with van der Waals surface area (Å²) in [4.78, 5) is 11.1. The van der Waals surface area contributed by atoms with Crippen LogP contribution in [0.25, 0.3) is 0 Å². The third-order valence-corrected chi connectivity index (χ3v) is 3.61. The number of ether oxygens (including phenoxy) is 1. The zero-order valence-corrected chi connectivity index (χ0v) is 14.8. The van der Waals surface area contributed by atoms with Gasteiger partial charge in [-0.05, 0) is 6.92 Å². The van der Waals surface area contributed by atoms with Crippen molar-refractivity contribution in [2.45, 2.75) is 6.92 Å². The molecular weight excluding hydrogens is 490 g/mol. The lowest BCUT2D eigenvalue weighted by molar-refractivity contribution is 0.111. The van der Waals surface area contributed by atoms with Gasteiger partial charge in [-0.1, -0.05) is 0 Å². The predicted octanol–water partition coefficient (Wildman–Crippen LogP) is 4.57. The number of aldehydes is 1. The van der Waals surface area contributed by atoms with Gasteiger partial charge in [0.2, 0.25) is 0 Å². The van der Waals surface area contributed by atoms with E-state index in [-0.39, 0.29) is 0 Å². The van der Waals surface area contributed by atoms with Crippen LogP contribution in [0.2, 0.25) is 0 Å². The van der Waals surface area contributed by atoms with Crippen molar-refractivity contribution < 1.29 is 17.9 Å². The van der Waals surface area contributed by atoms with Gasteiger partial charge < -0.3 is 13.1 Å². The van der Waals surface area contributed by atoms with Crippen LogP contribution in [0.15, 0.2) is 6.07 Å². The SMILES string of the molecule is COc1c(C)c(OSI)cc(OSI)c1C=O. The Hall–Kier alpha value is 0.450. The summed E-state index contributed by atoms with van der Waals surface area (Å²) < 4.78 is 15.9. The van der Waals surface area contributed by atoms with Crippen LogP contribution in [0, 0.1) is 6.92 Å². The number of halogens is 2. The van der Waals surface area contributed by atoms with Gasteiger partial charge in [0.1, 0.15) is 35.5 Å². The number of benzene rings is 1. The van der Waals surface area contributed by atoms with Crippen molar-refractivity contribution in [3.63, 3.8) is 0 Å². The molecule has 0 atom stereocenters. The third-order valence-electron chi connectivity index (χ3n) is 2.05. The second-order valence-electron chi connectivity index (χ2n) is 2.86. The van der Waals surface area contributed by atoms with Crippen LogP contribution in [-0.2, 0) is 0 Å². The molecule has 0 spiro atoms. The van der Waals surface area contributed by atoms with Crippen molar-refractivity contribution in [2.75, 3.05) is 7.11 Å². The highest BCUT2D eigenvalue weighted by Gasteiger charge is 2.18. The zero-order chi connectivity index (χ0) is 12.8. The second-order valence-corrected chi connectivity index (χ2v) is 5.60. The molecule has 8 heteroatoms. The molecule has 4 nitrogen and oxygen atoms in total. The summed E-state index contributed by atoms with van der Waals surface area (Å²) in [6.07, 6.45) is 0.717. The summed E-state index contributed by atoms with van der Waals surface area (Å²) in [5, 5.41) is 0. The van der Waals surface area contributed by atoms with Gasteiger partial charge in [0, 0.05) is 54.0 Å². The van der Waals surface area contributed by atoms with E-state index < -0.39 is 0 Å². The molecule has 0 unspecified atom stereocenters. The topological polar surface area (TPSA) is 44.8 Å². The van der Waals surface area contributed by atoms with E-state index in [1.807, 2.05) is 49.3 Å². The van der Waals surface area contributed by atoms with Crippen molar-refractivity contribution in [3.8, 4) is 17.2 Å². The first-order valence-corrected chi connectivity index (χ1v) is 10.8. The quantitative estimate of drug-likeness (QED) is 0.326. The van der Waals surface area contributed by atoms with E-state index in [9.17, 15) is 4.79 Å². The van der Waals surface area contributed by atoms with Gasteiger partial charge in [0.05, 0.1) is 7.11 Å². The number of carbonyl (C=O) groups excluding carboxylic acids is 1. The van der Waals surface area contributed by atoms with Crippen LogP contribution in [-0.4, -0.2) is 13.4 Å². The molecule has 17 heavy (non-hydrogen) atoms. The Morgan fingerprint density at radius 1 is 1.24 bits per heavy atom. The molecule has 0 heterocycles. The molecule has 94 valence electrons. The molecule has 0 amide bonds. The first-order chi connectivity index (χ1) is 8.19. The predicted molar refractivity (Wildman–Crippen MR) is 87.6 cm³/mol. The Balaban J connectivity index is 3.37. The fraction of sp³-hybridized carbons (Fsp3) is 0.222. The molecule has 1 aromatic rings. The van der Waals surface area contributed by atoms with Crippen molar-refractivity contribution >= 4 is 67.1 Å². The second kappa shape index (κ2) is 7.79. The number of hydrogen-bond donors (Lipinski definition) is 0. The summed E-state index contributed by atoms with van der Waals surface area (Å²) in [5.74, 6) is 1.53. The maximum Gasteiger partial charge on any atom is 0.157 e. The van der Waals surface area contributed by atoms with E-state index in [0.717, 1.165) is 21.1 Å². The Bertz CT molecular complexity index is 414. The molecular formula is C9H8I2O4S2. The van der Waals surface area contributed by atoms with E-state index in [4.69, 9.17) is 13.1 Å². The summed E-state index contributed by atoms with van der Waals surface area (Å²) in [7, 11) is 3.83. The molecule has 1 rings (SSSR count). The Morgan fingerprint density at radius 3 is 2.29 bits per heavy atom. The van der Waals surface area contributed by atoms with E-state index in [1.54, 1.807) is 6.07 Å². The van der Waals surface area contributed by atoms with Crippen molar-refractivity contribution in [1.29, 1.82) is 0 Å². The van der Waals surface area contributed by atoms with Gasteiger partial charge in [-0.2, -0.15) is 0 Å². The summed E-state index contributed by atoms with van der Waals surface area (Å²) in [6.45, 7) is 1.83. The molecule has 0 saturated carbocycles. The molecule has 0 saturated heterocycles. The molecule has 0 aliphatic heterocycles. The van der Waals surface area contributed by atoms with Gasteiger partial charge in [0.25, 0.3) is 0 Å². The lowest BCUT2D eigenvalue weighted by Gasteiger charge is -2.14. The Kier molecular flexibility index (Phi) is 7.11. The Morgan fingerprint density at radius 2 is 1.82 bits per heavy atom. The lowest BCUT2D eigenvalue weighted by Crippen LogP contribution is -1.98. The van der Waals surface area contributed by atoms with E-state index >= 15 is 0 Å². The molecule has 0 N–H and O–H groups in total. The third kappa shape index (κ3) is 3.70. The van der Waals surface area contributed by atoms with E-state index in [0.29, 0.717) is 22.8 Å². The summed E-state index contributed by atoms with van der Waals surface area (Å²) in [6, 6.07) is 1.68. The molecule has 0 aliphatic rings. The minimum atomic E-state index is 0.389. The Labute approximate surface area is 132 Å². The lowest BCUT2D eigenvalue weighted by atomic mass is 10.1. The minimum absolute atomic E-state index is 0.389. The van der Waals surface area contributed by atoms with Gasteiger partial charge in [-0.3, -0.25) is 4.79 Å². The molecule has 0 radical (unpaired) electrons. The highest BCUT2D eigenvalue weighted by Crippen LogP contribution is 2.41. The summed E-state index contributed by atoms with van der Waals surface area (Å²) in [5.41, 5.74) is 1.16. The molecule has 0 bridgehead atoms. The standard InChI is InChI=1S/C9H8I2O4S2/c1-5-7(14-16-10)3-8(15-17-11)6(4-12)9(5)13-2/h3-4H,1-2H3. The average molecular weight is 498 g/mol. The van der Waals surface area contributed by atoms with Crippen molar-refractivity contribution in [2.24, 2.45) is 0 Å². The van der Waals surface area contributed by atoms with Gasteiger partial charge in [0.15, 0.2) is 12.0 Å². The first-order valence-electron chi connectivity index (χ1n) is 4.26. The van der Waals surface area contributed by atoms with Gasteiger partial charge in [-0.25, -0.2) is 0 Å². The van der Waals surface area contributed by atoms with Crippen LogP contribution in [0.1, 0.15) is 15.9 Å². The maximum absolute atomic E-state index is 11.1. The van der Waals surface area contributed by atoms with Crippen molar-refractivity contribution in [1.82, 2.24) is 0 Å². The van der Waals surface area contributed by atoms with E-state index in [1.165, 1.54) is 16.3 Å². The van der Waals surface area contributed by atoms with Crippen molar-refractivity contribution in [3.05, 3.63) is 17.2 Å². The average Bonchev–Trinajstić information content (AvgIpc) is 2.33. The summed E-state index contributed by atoms with van der Waals surface area (Å²) >= 11 is 4.00.